The van der Waals surface area contributed by atoms with E-state index in [4.69, 9.17) is 9.47 Å². The summed E-state index contributed by atoms with van der Waals surface area (Å²) in [5.74, 6) is 1.58. The van der Waals surface area contributed by atoms with E-state index in [0.717, 1.165) is 47.7 Å². The fourth-order valence-electron chi connectivity index (χ4n) is 2.80. The number of hydrogen-bond acceptors (Lipinski definition) is 6. The van der Waals surface area contributed by atoms with Gasteiger partial charge in [0, 0.05) is 19.3 Å². The number of anilines is 2. The molecule has 1 atom stereocenters. The summed E-state index contributed by atoms with van der Waals surface area (Å²) >= 11 is 0. The number of nitrogens with one attached hydrogen (secondary N) is 1. The molecule has 0 radical (unpaired) electrons. The molecule has 1 unspecified atom stereocenters. The largest absolute Gasteiger partial charge is 0.491 e. The first-order valence-electron chi connectivity index (χ1n) is 8.04. The molecule has 4 rings (SSSR count). The standard InChI is InChI=1S/C17H19N5O2/c1-22-17-15(9-20-22)16(18-11-19-17)21-12-4-6-13(7-5-12)24-10-14-3-2-8-23-14/h4-7,9,11,14H,2-3,8,10H2,1H3,(H,18,19,21). The van der Waals surface area contributed by atoms with Crippen LogP contribution in [-0.2, 0) is 11.8 Å². The van der Waals surface area contributed by atoms with Crippen molar-refractivity contribution in [2.45, 2.75) is 18.9 Å². The van der Waals surface area contributed by atoms with Crippen molar-refractivity contribution < 1.29 is 9.47 Å². The maximum Gasteiger partial charge on any atom is 0.163 e. The normalized spacial score (nSPS) is 17.3. The quantitative estimate of drug-likeness (QED) is 0.777. The lowest BCUT2D eigenvalue weighted by atomic mass is 10.2. The molecule has 3 aromatic rings. The predicted molar refractivity (Wildman–Crippen MR) is 90.5 cm³/mol. The van der Waals surface area contributed by atoms with Crippen molar-refractivity contribution in [3.63, 3.8) is 0 Å². The average molecular weight is 325 g/mol. The zero-order chi connectivity index (χ0) is 16.4. The molecular formula is C17H19N5O2. The van der Waals surface area contributed by atoms with Gasteiger partial charge in [-0.2, -0.15) is 5.10 Å². The Labute approximate surface area is 139 Å². The number of fused-ring (bicyclic) bond motifs is 1. The van der Waals surface area contributed by atoms with Gasteiger partial charge >= 0.3 is 0 Å². The maximum atomic E-state index is 5.78. The van der Waals surface area contributed by atoms with Crippen molar-refractivity contribution in [2.75, 3.05) is 18.5 Å². The Kier molecular flexibility index (Phi) is 4.00. The van der Waals surface area contributed by atoms with Crippen LogP contribution in [0.25, 0.3) is 11.0 Å². The van der Waals surface area contributed by atoms with Gasteiger partial charge in [-0.25, -0.2) is 9.97 Å². The third kappa shape index (κ3) is 3.03. The van der Waals surface area contributed by atoms with E-state index in [2.05, 4.69) is 20.4 Å². The molecular weight excluding hydrogens is 306 g/mol. The molecule has 2 aromatic heterocycles. The van der Waals surface area contributed by atoms with Gasteiger partial charge in [0.05, 0.1) is 17.7 Å². The van der Waals surface area contributed by atoms with E-state index in [9.17, 15) is 0 Å². The Balaban J connectivity index is 1.44. The van der Waals surface area contributed by atoms with Crippen molar-refractivity contribution in [2.24, 2.45) is 7.05 Å². The number of aryl methyl sites for hydroxylation is 1. The van der Waals surface area contributed by atoms with Crippen LogP contribution in [0.4, 0.5) is 11.5 Å². The van der Waals surface area contributed by atoms with Crippen LogP contribution >= 0.6 is 0 Å². The van der Waals surface area contributed by atoms with E-state index < -0.39 is 0 Å². The molecule has 1 aromatic carbocycles. The molecule has 7 heteroatoms. The Hall–Kier alpha value is -2.67. The van der Waals surface area contributed by atoms with Gasteiger partial charge < -0.3 is 14.8 Å². The van der Waals surface area contributed by atoms with Gasteiger partial charge in [0.25, 0.3) is 0 Å². The summed E-state index contributed by atoms with van der Waals surface area (Å²) in [5, 5.41) is 8.40. The summed E-state index contributed by atoms with van der Waals surface area (Å²) < 4.78 is 13.1. The van der Waals surface area contributed by atoms with Crippen LogP contribution in [0, 0.1) is 0 Å². The van der Waals surface area contributed by atoms with Crippen LogP contribution < -0.4 is 10.1 Å². The average Bonchev–Trinajstić information content (AvgIpc) is 3.25. The monoisotopic (exact) mass is 325 g/mol. The summed E-state index contributed by atoms with van der Waals surface area (Å²) in [6.45, 7) is 1.45. The second kappa shape index (κ2) is 6.45. The van der Waals surface area contributed by atoms with E-state index in [-0.39, 0.29) is 6.10 Å². The smallest absolute Gasteiger partial charge is 0.163 e. The summed E-state index contributed by atoms with van der Waals surface area (Å²) in [4.78, 5) is 8.54. The zero-order valence-electron chi connectivity index (χ0n) is 13.5. The second-order valence-corrected chi connectivity index (χ2v) is 5.82. The van der Waals surface area contributed by atoms with Crippen LogP contribution in [0.2, 0.25) is 0 Å². The third-order valence-corrected chi connectivity index (χ3v) is 4.11. The second-order valence-electron chi connectivity index (χ2n) is 5.82. The van der Waals surface area contributed by atoms with Gasteiger partial charge in [0.15, 0.2) is 5.65 Å². The topological polar surface area (TPSA) is 74.1 Å². The fraction of sp³-hybridized carbons (Fsp3) is 0.353. The molecule has 124 valence electrons. The van der Waals surface area contributed by atoms with Crippen molar-refractivity contribution >= 4 is 22.5 Å². The molecule has 1 saturated heterocycles. The molecule has 1 aliphatic rings. The summed E-state index contributed by atoms with van der Waals surface area (Å²) in [6, 6.07) is 7.82. The summed E-state index contributed by atoms with van der Waals surface area (Å²) in [7, 11) is 1.86. The molecule has 0 saturated carbocycles. The Morgan fingerprint density at radius 2 is 2.17 bits per heavy atom. The minimum atomic E-state index is 0.225. The Morgan fingerprint density at radius 3 is 2.96 bits per heavy atom. The first-order chi connectivity index (χ1) is 11.8. The van der Waals surface area contributed by atoms with Crippen LogP contribution in [0.3, 0.4) is 0 Å². The van der Waals surface area contributed by atoms with Gasteiger partial charge in [0.1, 0.15) is 24.5 Å². The van der Waals surface area contributed by atoms with Gasteiger partial charge in [-0.05, 0) is 37.1 Å². The van der Waals surface area contributed by atoms with Crippen molar-refractivity contribution in [3.05, 3.63) is 36.8 Å². The highest BCUT2D eigenvalue weighted by molar-refractivity contribution is 5.88. The molecule has 24 heavy (non-hydrogen) atoms. The number of benzene rings is 1. The highest BCUT2D eigenvalue weighted by Gasteiger charge is 2.16. The lowest BCUT2D eigenvalue weighted by Gasteiger charge is -2.12. The van der Waals surface area contributed by atoms with Crippen molar-refractivity contribution in [1.29, 1.82) is 0 Å². The first kappa shape index (κ1) is 14.9. The predicted octanol–water partition coefficient (Wildman–Crippen LogP) is 2.66. The van der Waals surface area contributed by atoms with E-state index in [1.54, 1.807) is 10.9 Å². The molecule has 0 spiro atoms. The molecule has 0 amide bonds. The van der Waals surface area contributed by atoms with Gasteiger partial charge in [-0.15, -0.1) is 0 Å². The summed E-state index contributed by atoms with van der Waals surface area (Å²) in [5.41, 5.74) is 1.73. The van der Waals surface area contributed by atoms with Crippen LogP contribution in [0.1, 0.15) is 12.8 Å². The Bertz CT molecular complexity index is 825. The Morgan fingerprint density at radius 1 is 1.29 bits per heavy atom. The van der Waals surface area contributed by atoms with Crippen LogP contribution in [0.15, 0.2) is 36.8 Å². The van der Waals surface area contributed by atoms with Crippen molar-refractivity contribution in [1.82, 2.24) is 19.7 Å². The van der Waals surface area contributed by atoms with Crippen LogP contribution in [0.5, 0.6) is 5.75 Å². The molecule has 7 nitrogen and oxygen atoms in total. The van der Waals surface area contributed by atoms with E-state index in [0.29, 0.717) is 6.61 Å². The number of aromatic nitrogens is 4. The number of rotatable bonds is 5. The minimum Gasteiger partial charge on any atom is -0.491 e. The lowest BCUT2D eigenvalue weighted by Crippen LogP contribution is -2.16. The van der Waals surface area contributed by atoms with Crippen molar-refractivity contribution in [3.8, 4) is 5.75 Å². The van der Waals surface area contributed by atoms with Crippen LogP contribution in [-0.4, -0.2) is 39.1 Å². The third-order valence-electron chi connectivity index (χ3n) is 4.11. The lowest BCUT2D eigenvalue weighted by molar-refractivity contribution is 0.0679. The van der Waals surface area contributed by atoms with E-state index in [1.807, 2.05) is 31.3 Å². The first-order valence-corrected chi connectivity index (χ1v) is 8.04. The molecule has 1 aliphatic heterocycles. The molecule has 1 N–H and O–H groups in total. The number of nitrogens with zero attached hydrogens (tertiary/aromatic N) is 4. The fourth-order valence-corrected chi connectivity index (χ4v) is 2.80. The molecule has 3 heterocycles. The van der Waals surface area contributed by atoms with Gasteiger partial charge in [-0.3, -0.25) is 4.68 Å². The van der Waals surface area contributed by atoms with Gasteiger partial charge in [0.2, 0.25) is 0 Å². The molecule has 0 aliphatic carbocycles. The maximum absolute atomic E-state index is 5.78. The van der Waals surface area contributed by atoms with E-state index in [1.165, 1.54) is 6.33 Å². The SMILES string of the molecule is Cn1ncc2c(Nc3ccc(OCC4CCCO4)cc3)ncnc21. The minimum absolute atomic E-state index is 0.225. The highest BCUT2D eigenvalue weighted by atomic mass is 16.5. The number of ether oxygens (including phenoxy) is 2. The van der Waals surface area contributed by atoms with Gasteiger partial charge in [-0.1, -0.05) is 0 Å². The molecule has 1 fully saturated rings. The van der Waals surface area contributed by atoms with E-state index >= 15 is 0 Å². The number of hydrogen-bond donors (Lipinski definition) is 1. The zero-order valence-corrected chi connectivity index (χ0v) is 13.5. The summed E-state index contributed by atoms with van der Waals surface area (Å²) in [6.07, 6.45) is 5.72. The highest BCUT2D eigenvalue weighted by Crippen LogP contribution is 2.24. The molecule has 0 bridgehead atoms.